The molecule has 1 saturated heterocycles. The van der Waals surface area contributed by atoms with Crippen LogP contribution in [-0.2, 0) is 9.53 Å². The summed E-state index contributed by atoms with van der Waals surface area (Å²) in [7, 11) is 3.60. The molecule has 110 valence electrons. The number of hydrogen-bond donors (Lipinski definition) is 1. The summed E-state index contributed by atoms with van der Waals surface area (Å²) < 4.78 is 4.95. The van der Waals surface area contributed by atoms with E-state index in [2.05, 4.69) is 17.3 Å². The Bertz CT molecular complexity index is 422. The number of methoxy groups -OCH3 is 1. The molecule has 1 aromatic rings. The zero-order valence-electron chi connectivity index (χ0n) is 12.3. The minimum atomic E-state index is -0.366. The Balaban J connectivity index is 2.06. The molecule has 0 saturated carbocycles. The van der Waals surface area contributed by atoms with Crippen LogP contribution in [0.2, 0.25) is 0 Å². The van der Waals surface area contributed by atoms with Crippen LogP contribution in [0.3, 0.4) is 0 Å². The van der Waals surface area contributed by atoms with Gasteiger partial charge in [-0.3, -0.25) is 5.32 Å². The number of ether oxygens (including phenoxy) is 1. The normalized spacial score (nSPS) is 22.0. The van der Waals surface area contributed by atoms with Crippen LogP contribution >= 0.6 is 0 Å². The van der Waals surface area contributed by atoms with Crippen LogP contribution in [0.25, 0.3) is 0 Å². The smallest absolute Gasteiger partial charge is 0.327 e. The number of likely N-dealkylation sites (tertiary alicyclic amines) is 1. The van der Waals surface area contributed by atoms with Gasteiger partial charge in [0.2, 0.25) is 0 Å². The average Bonchev–Trinajstić information content (AvgIpc) is 2.69. The molecule has 0 bridgehead atoms. The van der Waals surface area contributed by atoms with Crippen molar-refractivity contribution in [1.82, 2.24) is 10.2 Å². The van der Waals surface area contributed by atoms with E-state index >= 15 is 0 Å². The highest BCUT2D eigenvalue weighted by molar-refractivity contribution is 5.77. The lowest BCUT2D eigenvalue weighted by Crippen LogP contribution is -2.38. The first-order valence-corrected chi connectivity index (χ1v) is 7.28. The summed E-state index contributed by atoms with van der Waals surface area (Å²) in [5, 5.41) is 3.48. The summed E-state index contributed by atoms with van der Waals surface area (Å²) in [6.45, 7) is 2.20. The van der Waals surface area contributed by atoms with Gasteiger partial charge in [-0.2, -0.15) is 0 Å². The monoisotopic (exact) mass is 276 g/mol. The summed E-state index contributed by atoms with van der Waals surface area (Å²) in [6.07, 6.45) is 3.33. The van der Waals surface area contributed by atoms with Crippen LogP contribution in [0.15, 0.2) is 30.3 Å². The van der Waals surface area contributed by atoms with Gasteiger partial charge in [-0.15, -0.1) is 0 Å². The molecule has 2 atom stereocenters. The van der Waals surface area contributed by atoms with Gasteiger partial charge in [0, 0.05) is 6.04 Å². The quantitative estimate of drug-likeness (QED) is 0.854. The summed E-state index contributed by atoms with van der Waals surface area (Å²) >= 11 is 0. The highest BCUT2D eigenvalue weighted by Crippen LogP contribution is 2.18. The standard InChI is InChI=1S/C16H24N2O2/c1-18-11-6-9-14(10-12-18)17-15(16(19)20-2)13-7-4-3-5-8-13/h3-5,7-8,14-15,17H,6,9-12H2,1-2H3. The molecular formula is C16H24N2O2. The zero-order valence-corrected chi connectivity index (χ0v) is 12.3. The third-order valence-corrected chi connectivity index (χ3v) is 3.92. The first kappa shape index (κ1) is 15.0. The van der Waals surface area contributed by atoms with Crippen molar-refractivity contribution in [2.45, 2.75) is 31.3 Å². The van der Waals surface area contributed by atoms with E-state index in [1.165, 1.54) is 7.11 Å². The maximum atomic E-state index is 12.0. The predicted octanol–water partition coefficient (Wildman–Crippen LogP) is 1.97. The fourth-order valence-corrected chi connectivity index (χ4v) is 2.71. The van der Waals surface area contributed by atoms with Crippen LogP contribution in [0.5, 0.6) is 0 Å². The molecule has 1 N–H and O–H groups in total. The number of nitrogens with one attached hydrogen (secondary N) is 1. The van der Waals surface area contributed by atoms with E-state index in [1.807, 2.05) is 30.3 Å². The zero-order chi connectivity index (χ0) is 14.4. The van der Waals surface area contributed by atoms with Gasteiger partial charge < -0.3 is 9.64 Å². The molecule has 4 nitrogen and oxygen atoms in total. The lowest BCUT2D eigenvalue weighted by atomic mass is 10.0. The number of hydrogen-bond acceptors (Lipinski definition) is 4. The number of benzene rings is 1. The number of nitrogens with zero attached hydrogens (tertiary/aromatic N) is 1. The molecule has 1 fully saturated rings. The second-order valence-electron chi connectivity index (χ2n) is 5.46. The molecule has 1 aliphatic heterocycles. The van der Waals surface area contributed by atoms with Crippen molar-refractivity contribution in [2.75, 3.05) is 27.2 Å². The largest absolute Gasteiger partial charge is 0.468 e. The van der Waals surface area contributed by atoms with Gasteiger partial charge in [0.15, 0.2) is 0 Å². The van der Waals surface area contributed by atoms with Crippen molar-refractivity contribution < 1.29 is 9.53 Å². The van der Waals surface area contributed by atoms with Gasteiger partial charge >= 0.3 is 5.97 Å². The van der Waals surface area contributed by atoms with E-state index in [0.29, 0.717) is 6.04 Å². The fourth-order valence-electron chi connectivity index (χ4n) is 2.71. The molecule has 1 heterocycles. The van der Waals surface area contributed by atoms with Crippen molar-refractivity contribution in [3.8, 4) is 0 Å². The molecule has 0 aliphatic carbocycles. The van der Waals surface area contributed by atoms with Crippen LogP contribution in [0.1, 0.15) is 30.9 Å². The number of carbonyl (C=O) groups excluding carboxylic acids is 1. The SMILES string of the molecule is COC(=O)C(NC1CCCN(C)CC1)c1ccccc1. The molecule has 2 unspecified atom stereocenters. The first-order valence-electron chi connectivity index (χ1n) is 7.28. The molecular weight excluding hydrogens is 252 g/mol. The van der Waals surface area contributed by atoms with E-state index in [1.54, 1.807) is 0 Å². The Morgan fingerprint density at radius 1 is 1.30 bits per heavy atom. The van der Waals surface area contributed by atoms with E-state index in [0.717, 1.165) is 37.9 Å². The molecule has 1 aromatic carbocycles. The summed E-state index contributed by atoms with van der Waals surface area (Å²) in [5.41, 5.74) is 0.969. The van der Waals surface area contributed by atoms with Crippen LogP contribution in [-0.4, -0.2) is 44.2 Å². The summed E-state index contributed by atoms with van der Waals surface area (Å²) in [5.74, 6) is -0.214. The Morgan fingerprint density at radius 3 is 2.75 bits per heavy atom. The van der Waals surface area contributed by atoms with E-state index in [4.69, 9.17) is 4.74 Å². The Hall–Kier alpha value is -1.39. The second kappa shape index (κ2) is 7.41. The lowest BCUT2D eigenvalue weighted by molar-refractivity contribution is -0.143. The predicted molar refractivity (Wildman–Crippen MR) is 79.5 cm³/mol. The highest BCUT2D eigenvalue weighted by Gasteiger charge is 2.25. The number of rotatable bonds is 4. The van der Waals surface area contributed by atoms with Crippen LogP contribution in [0, 0.1) is 0 Å². The Labute approximate surface area is 121 Å². The number of esters is 1. The Morgan fingerprint density at radius 2 is 2.05 bits per heavy atom. The number of carbonyl (C=O) groups is 1. The van der Waals surface area contributed by atoms with Crippen LogP contribution in [0.4, 0.5) is 0 Å². The molecule has 2 rings (SSSR count). The van der Waals surface area contributed by atoms with E-state index in [9.17, 15) is 4.79 Å². The fraction of sp³-hybridized carbons (Fsp3) is 0.562. The van der Waals surface area contributed by atoms with Crippen molar-refractivity contribution in [1.29, 1.82) is 0 Å². The van der Waals surface area contributed by atoms with Gasteiger partial charge in [-0.1, -0.05) is 30.3 Å². The minimum Gasteiger partial charge on any atom is -0.468 e. The van der Waals surface area contributed by atoms with E-state index in [-0.39, 0.29) is 12.0 Å². The topological polar surface area (TPSA) is 41.6 Å². The Kier molecular flexibility index (Phi) is 5.56. The molecule has 0 aromatic heterocycles. The summed E-state index contributed by atoms with van der Waals surface area (Å²) in [4.78, 5) is 14.4. The summed E-state index contributed by atoms with van der Waals surface area (Å²) in [6, 6.07) is 9.80. The van der Waals surface area contributed by atoms with Crippen molar-refractivity contribution >= 4 is 5.97 Å². The maximum absolute atomic E-state index is 12.0. The van der Waals surface area contributed by atoms with Gasteiger partial charge in [-0.05, 0) is 45.0 Å². The first-order chi connectivity index (χ1) is 9.70. The molecule has 4 heteroatoms. The average molecular weight is 276 g/mol. The third-order valence-electron chi connectivity index (χ3n) is 3.92. The molecule has 0 amide bonds. The molecule has 20 heavy (non-hydrogen) atoms. The van der Waals surface area contributed by atoms with Crippen molar-refractivity contribution in [3.05, 3.63) is 35.9 Å². The van der Waals surface area contributed by atoms with Crippen LogP contribution < -0.4 is 5.32 Å². The highest BCUT2D eigenvalue weighted by atomic mass is 16.5. The van der Waals surface area contributed by atoms with Crippen molar-refractivity contribution in [2.24, 2.45) is 0 Å². The maximum Gasteiger partial charge on any atom is 0.327 e. The minimum absolute atomic E-state index is 0.214. The van der Waals surface area contributed by atoms with Gasteiger partial charge in [-0.25, -0.2) is 4.79 Å². The van der Waals surface area contributed by atoms with Gasteiger partial charge in [0.1, 0.15) is 6.04 Å². The molecule has 1 aliphatic rings. The van der Waals surface area contributed by atoms with Gasteiger partial charge in [0.05, 0.1) is 7.11 Å². The lowest BCUT2D eigenvalue weighted by Gasteiger charge is -2.23. The second-order valence-corrected chi connectivity index (χ2v) is 5.46. The van der Waals surface area contributed by atoms with Crippen molar-refractivity contribution in [3.63, 3.8) is 0 Å². The van der Waals surface area contributed by atoms with E-state index < -0.39 is 0 Å². The third kappa shape index (κ3) is 4.05. The van der Waals surface area contributed by atoms with Gasteiger partial charge in [0.25, 0.3) is 0 Å². The molecule has 0 radical (unpaired) electrons. The molecule has 0 spiro atoms.